The van der Waals surface area contributed by atoms with Gasteiger partial charge in [-0.15, -0.1) is 11.8 Å². The number of non-ortho nitro benzene ring substituents is 1. The van der Waals surface area contributed by atoms with E-state index in [-0.39, 0.29) is 17.0 Å². The fraction of sp³-hybridized carbons (Fsp3) is 0.160. The second kappa shape index (κ2) is 10.2. The van der Waals surface area contributed by atoms with Gasteiger partial charge >= 0.3 is 0 Å². The van der Waals surface area contributed by atoms with Crippen molar-refractivity contribution in [1.29, 1.82) is 0 Å². The zero-order valence-corrected chi connectivity index (χ0v) is 18.1. The molecule has 7 heteroatoms. The van der Waals surface area contributed by atoms with Crippen molar-refractivity contribution >= 4 is 29.4 Å². The molecule has 0 spiro atoms. The van der Waals surface area contributed by atoms with E-state index in [9.17, 15) is 14.9 Å². The second-order valence-electron chi connectivity index (χ2n) is 7.25. The fourth-order valence-corrected chi connectivity index (χ4v) is 4.76. The molecule has 6 nitrogen and oxygen atoms in total. The lowest BCUT2D eigenvalue weighted by Gasteiger charge is -2.24. The first-order valence-corrected chi connectivity index (χ1v) is 11.3. The molecule has 1 aliphatic heterocycles. The Hall–Kier alpha value is -3.58. The number of nitro benzene ring substituents is 1. The Kier molecular flexibility index (Phi) is 6.87. The van der Waals surface area contributed by atoms with E-state index in [0.717, 1.165) is 28.2 Å². The predicted molar refractivity (Wildman–Crippen MR) is 126 cm³/mol. The van der Waals surface area contributed by atoms with Crippen molar-refractivity contribution in [1.82, 2.24) is 4.90 Å². The Morgan fingerprint density at radius 1 is 1.06 bits per heavy atom. The van der Waals surface area contributed by atoms with E-state index in [2.05, 4.69) is 0 Å². The van der Waals surface area contributed by atoms with Crippen LogP contribution in [0, 0.1) is 10.1 Å². The molecule has 32 heavy (non-hydrogen) atoms. The molecule has 3 aromatic rings. The summed E-state index contributed by atoms with van der Waals surface area (Å²) in [5.41, 5.74) is 2.82. The number of hydrogen-bond donors (Lipinski definition) is 0. The third kappa shape index (κ3) is 5.18. The molecule has 1 fully saturated rings. The zero-order chi connectivity index (χ0) is 22.3. The lowest BCUT2D eigenvalue weighted by Crippen LogP contribution is -2.29. The van der Waals surface area contributed by atoms with Crippen LogP contribution in [-0.4, -0.2) is 28.0 Å². The molecule has 0 saturated carbocycles. The van der Waals surface area contributed by atoms with Crippen LogP contribution in [0.25, 0.3) is 6.08 Å². The predicted octanol–water partition coefficient (Wildman–Crippen LogP) is 5.46. The van der Waals surface area contributed by atoms with Crippen LogP contribution < -0.4 is 4.74 Å². The first kappa shape index (κ1) is 21.6. The third-order valence-corrected chi connectivity index (χ3v) is 6.36. The molecule has 0 N–H and O–H groups in total. The number of nitrogens with zero attached hydrogens (tertiary/aromatic N) is 2. The second-order valence-corrected chi connectivity index (χ2v) is 8.44. The molecular formula is C25H22N2O4S. The molecule has 0 radical (unpaired) electrons. The van der Waals surface area contributed by atoms with Crippen LogP contribution in [0.4, 0.5) is 5.69 Å². The van der Waals surface area contributed by atoms with Gasteiger partial charge in [-0.25, -0.2) is 0 Å². The number of thioether (sulfide) groups is 1. The van der Waals surface area contributed by atoms with Gasteiger partial charge < -0.3 is 9.64 Å². The number of benzene rings is 3. The lowest BCUT2D eigenvalue weighted by molar-refractivity contribution is -0.384. The zero-order valence-electron chi connectivity index (χ0n) is 17.3. The highest BCUT2D eigenvalue weighted by Crippen LogP contribution is 2.42. The van der Waals surface area contributed by atoms with Crippen LogP contribution in [-0.2, 0) is 11.4 Å². The number of hydrogen-bond acceptors (Lipinski definition) is 5. The van der Waals surface area contributed by atoms with Crippen molar-refractivity contribution in [3.63, 3.8) is 0 Å². The Balaban J connectivity index is 1.47. The maximum absolute atomic E-state index is 12.9. The normalized spacial score (nSPS) is 15.8. The Bertz CT molecular complexity index is 1120. The van der Waals surface area contributed by atoms with E-state index in [1.807, 2.05) is 59.5 Å². The number of para-hydroxylation sites is 1. The van der Waals surface area contributed by atoms with E-state index in [1.165, 1.54) is 18.2 Å². The van der Waals surface area contributed by atoms with Crippen molar-refractivity contribution in [2.45, 2.75) is 12.0 Å². The number of amides is 1. The van der Waals surface area contributed by atoms with E-state index >= 15 is 0 Å². The molecule has 0 unspecified atom stereocenters. The molecular weight excluding hydrogens is 424 g/mol. The smallest absolute Gasteiger partial charge is 0.269 e. The Morgan fingerprint density at radius 2 is 1.78 bits per heavy atom. The van der Waals surface area contributed by atoms with Crippen LogP contribution in [0.1, 0.15) is 22.1 Å². The average molecular weight is 447 g/mol. The van der Waals surface area contributed by atoms with Gasteiger partial charge in [-0.05, 0) is 35.4 Å². The Labute approximate surface area is 190 Å². The van der Waals surface area contributed by atoms with Crippen LogP contribution >= 0.6 is 11.8 Å². The standard InChI is InChI=1S/C25H22N2O4S/c28-24(15-12-19-10-13-21(14-11-19)27(29)30)26-16-17-32-25(26)22-8-4-5-9-23(22)31-18-20-6-2-1-3-7-20/h1-15,25H,16-18H2/b15-12+/t25-/m0/s1. The van der Waals surface area contributed by atoms with Gasteiger partial charge in [0.1, 0.15) is 17.7 Å². The molecule has 1 atom stereocenters. The van der Waals surface area contributed by atoms with Gasteiger partial charge in [-0.2, -0.15) is 0 Å². The summed E-state index contributed by atoms with van der Waals surface area (Å²) in [5, 5.41) is 10.7. The minimum atomic E-state index is -0.442. The van der Waals surface area contributed by atoms with Gasteiger partial charge in [0.2, 0.25) is 5.91 Å². The van der Waals surface area contributed by atoms with Crippen molar-refractivity contribution < 1.29 is 14.5 Å². The molecule has 0 bridgehead atoms. The molecule has 1 saturated heterocycles. The summed E-state index contributed by atoms with van der Waals surface area (Å²) in [5.74, 6) is 1.51. The summed E-state index contributed by atoms with van der Waals surface area (Å²) >= 11 is 1.71. The van der Waals surface area contributed by atoms with Crippen molar-refractivity contribution in [2.75, 3.05) is 12.3 Å². The van der Waals surface area contributed by atoms with Crippen LogP contribution in [0.3, 0.4) is 0 Å². The van der Waals surface area contributed by atoms with Gasteiger partial charge in [0.05, 0.1) is 4.92 Å². The summed E-state index contributed by atoms with van der Waals surface area (Å²) in [6.07, 6.45) is 3.21. The first-order chi connectivity index (χ1) is 15.6. The van der Waals surface area contributed by atoms with E-state index in [0.29, 0.717) is 13.2 Å². The summed E-state index contributed by atoms with van der Waals surface area (Å²) < 4.78 is 6.10. The lowest BCUT2D eigenvalue weighted by atomic mass is 10.1. The average Bonchev–Trinajstić information content (AvgIpc) is 3.32. The van der Waals surface area contributed by atoms with Crippen molar-refractivity contribution in [3.8, 4) is 5.75 Å². The monoisotopic (exact) mass is 446 g/mol. The summed E-state index contributed by atoms with van der Waals surface area (Å²) in [6.45, 7) is 1.11. The molecule has 0 aliphatic carbocycles. The number of carbonyl (C=O) groups is 1. The molecule has 3 aromatic carbocycles. The van der Waals surface area contributed by atoms with Crippen LogP contribution in [0.2, 0.25) is 0 Å². The SMILES string of the molecule is O=C(/C=C/c1ccc([N+](=O)[O-])cc1)N1CCS[C@H]1c1ccccc1OCc1ccccc1. The Morgan fingerprint density at radius 3 is 2.53 bits per heavy atom. The molecule has 1 heterocycles. The molecule has 0 aromatic heterocycles. The first-order valence-electron chi connectivity index (χ1n) is 10.2. The van der Waals surface area contributed by atoms with E-state index < -0.39 is 4.92 Å². The number of nitro groups is 1. The highest BCUT2D eigenvalue weighted by atomic mass is 32.2. The van der Waals surface area contributed by atoms with Gasteiger partial charge in [-0.1, -0.05) is 48.5 Å². The highest BCUT2D eigenvalue weighted by molar-refractivity contribution is 7.99. The largest absolute Gasteiger partial charge is 0.489 e. The molecule has 1 aliphatic rings. The van der Waals surface area contributed by atoms with Crippen molar-refractivity contribution in [2.24, 2.45) is 0 Å². The van der Waals surface area contributed by atoms with Gasteiger partial charge in [0.25, 0.3) is 5.69 Å². The fourth-order valence-electron chi connectivity index (χ4n) is 3.48. The van der Waals surface area contributed by atoms with Gasteiger partial charge in [-0.3, -0.25) is 14.9 Å². The van der Waals surface area contributed by atoms with Gasteiger partial charge in [0.15, 0.2) is 0 Å². The number of carbonyl (C=O) groups excluding carboxylic acids is 1. The molecule has 162 valence electrons. The highest BCUT2D eigenvalue weighted by Gasteiger charge is 2.31. The van der Waals surface area contributed by atoms with E-state index in [1.54, 1.807) is 30.0 Å². The topological polar surface area (TPSA) is 72.7 Å². The quantitative estimate of drug-likeness (QED) is 0.274. The van der Waals surface area contributed by atoms with E-state index in [4.69, 9.17) is 4.74 Å². The van der Waals surface area contributed by atoms with Crippen LogP contribution in [0.5, 0.6) is 5.75 Å². The van der Waals surface area contributed by atoms with Crippen molar-refractivity contribution in [3.05, 3.63) is 112 Å². The maximum atomic E-state index is 12.9. The minimum Gasteiger partial charge on any atom is -0.489 e. The number of rotatable bonds is 7. The minimum absolute atomic E-state index is 0.0246. The molecule has 4 rings (SSSR count). The summed E-state index contributed by atoms with van der Waals surface area (Å²) in [7, 11) is 0. The van der Waals surface area contributed by atoms with Gasteiger partial charge in [0, 0.05) is 36.1 Å². The number of ether oxygens (including phenoxy) is 1. The summed E-state index contributed by atoms with van der Waals surface area (Å²) in [4.78, 5) is 25.1. The summed E-state index contributed by atoms with van der Waals surface area (Å²) in [6, 6.07) is 23.9. The van der Waals surface area contributed by atoms with Crippen LogP contribution in [0.15, 0.2) is 84.9 Å². The molecule has 1 amide bonds. The third-order valence-electron chi connectivity index (χ3n) is 5.12. The maximum Gasteiger partial charge on any atom is 0.269 e.